The van der Waals surface area contributed by atoms with E-state index in [0.717, 1.165) is 18.0 Å². The molecule has 214 valence electrons. The minimum Gasteiger partial charge on any atom is -0.503 e. The third-order valence-corrected chi connectivity index (χ3v) is 7.09. The van der Waals surface area contributed by atoms with Gasteiger partial charge < -0.3 is 19.9 Å². The Bertz CT molecular complexity index is 1300. The van der Waals surface area contributed by atoms with Gasteiger partial charge >= 0.3 is 0 Å². The largest absolute Gasteiger partial charge is 0.503 e. The summed E-state index contributed by atoms with van der Waals surface area (Å²) in [5.41, 5.74) is 0.443. The Morgan fingerprint density at radius 3 is 2.28 bits per heavy atom. The molecule has 0 spiro atoms. The fourth-order valence-corrected chi connectivity index (χ4v) is 4.93. The van der Waals surface area contributed by atoms with Gasteiger partial charge in [-0.1, -0.05) is 51.2 Å². The second kappa shape index (κ2) is 14.0. The first-order chi connectivity index (χ1) is 17.9. The number of pyridine rings is 1. The Labute approximate surface area is 239 Å². The van der Waals surface area contributed by atoms with E-state index in [9.17, 15) is 19.1 Å². The highest BCUT2D eigenvalue weighted by Crippen LogP contribution is 2.31. The molecular formula is C28H39ClFN5O3S. The smallest absolute Gasteiger partial charge is 0.274 e. The Kier molecular flexibility index (Phi) is 11.6. The van der Waals surface area contributed by atoms with E-state index in [1.165, 1.54) is 23.5 Å². The molecule has 8 nitrogen and oxygen atoms in total. The minimum absolute atomic E-state index is 0. The van der Waals surface area contributed by atoms with E-state index >= 15 is 0 Å². The van der Waals surface area contributed by atoms with E-state index in [2.05, 4.69) is 43.2 Å². The average molecular weight is 580 g/mol. The van der Waals surface area contributed by atoms with Crippen molar-refractivity contribution in [3.8, 4) is 16.3 Å². The van der Waals surface area contributed by atoms with Crippen LogP contribution in [0.15, 0.2) is 35.3 Å². The second-order valence-electron chi connectivity index (χ2n) is 10.6. The van der Waals surface area contributed by atoms with Crippen molar-refractivity contribution >= 4 is 29.7 Å². The molecule has 1 atom stereocenters. The molecule has 2 aromatic heterocycles. The summed E-state index contributed by atoms with van der Waals surface area (Å²) in [6, 6.07) is 6.58. The van der Waals surface area contributed by atoms with Crippen LogP contribution >= 0.6 is 23.7 Å². The Morgan fingerprint density at radius 1 is 1.10 bits per heavy atom. The fourth-order valence-electron chi connectivity index (χ4n) is 4.05. The molecule has 0 saturated heterocycles. The van der Waals surface area contributed by atoms with Crippen molar-refractivity contribution in [3.63, 3.8) is 0 Å². The molecule has 1 aliphatic rings. The number of nitrogens with zero attached hydrogens (tertiary/aromatic N) is 4. The van der Waals surface area contributed by atoms with Crippen LogP contribution in [0.2, 0.25) is 0 Å². The number of benzene rings is 1. The van der Waals surface area contributed by atoms with Crippen LogP contribution in [0.5, 0.6) is 5.75 Å². The maximum Gasteiger partial charge on any atom is 0.274 e. The van der Waals surface area contributed by atoms with Gasteiger partial charge in [-0.3, -0.25) is 9.59 Å². The highest BCUT2D eigenvalue weighted by molar-refractivity contribution is 7.14. The van der Waals surface area contributed by atoms with E-state index < -0.39 is 11.2 Å². The van der Waals surface area contributed by atoms with Gasteiger partial charge in [0.1, 0.15) is 10.8 Å². The summed E-state index contributed by atoms with van der Waals surface area (Å²) in [6.07, 6.45) is 2.04. The molecule has 1 amide bonds. The Morgan fingerprint density at radius 2 is 1.74 bits per heavy atom. The highest BCUT2D eigenvalue weighted by Gasteiger charge is 2.34. The molecule has 11 heteroatoms. The minimum atomic E-state index is -0.642. The average Bonchev–Trinajstić information content (AvgIpc) is 3.31. The predicted molar refractivity (Wildman–Crippen MR) is 157 cm³/mol. The first-order valence-electron chi connectivity index (χ1n) is 13.0. The van der Waals surface area contributed by atoms with Crippen LogP contribution in [-0.2, 0) is 6.42 Å². The number of aromatic hydroxyl groups is 1. The van der Waals surface area contributed by atoms with Crippen LogP contribution in [0.1, 0.15) is 75.6 Å². The number of fused-ring (bicyclic) bond motifs is 1. The van der Waals surface area contributed by atoms with Crippen molar-refractivity contribution in [2.24, 2.45) is 5.92 Å². The van der Waals surface area contributed by atoms with Gasteiger partial charge in [0.2, 0.25) is 5.43 Å². The third-order valence-electron chi connectivity index (χ3n) is 6.13. The zero-order valence-electron chi connectivity index (χ0n) is 23.6. The standard InChI is InChI=1S/C21H21FN4O3S.C7H17N.ClH/c1-11(2)25-9-12(3)26-10-15(18(27)19(28)17(26)21(25)29)20-24-23-16(30-20)8-13-4-6-14(22)7-5-13;1-6(2)5-8-7(3)4;/h4-7,10-12,28H,8-9H2,1-3H3;6-8H,5H2,1-4H3;1H/t12-;;/m0../s1. The van der Waals surface area contributed by atoms with E-state index in [1.54, 1.807) is 27.8 Å². The van der Waals surface area contributed by atoms with Crippen molar-refractivity contribution in [3.05, 3.63) is 62.8 Å². The SMILES string of the molecule is CC(C)CNC(C)C.CC(C)N1C[C@H](C)n2cc(-c3nnc(Cc4ccc(F)cc4)s3)c(=O)c(O)c2C1=O.Cl. The molecule has 0 fully saturated rings. The van der Waals surface area contributed by atoms with Crippen LogP contribution in [0.4, 0.5) is 4.39 Å². The zero-order valence-corrected chi connectivity index (χ0v) is 25.2. The molecule has 3 aromatic rings. The molecule has 3 heterocycles. The van der Waals surface area contributed by atoms with Gasteiger partial charge in [0.05, 0.1) is 5.56 Å². The number of hydrogen-bond donors (Lipinski definition) is 2. The van der Waals surface area contributed by atoms with Crippen LogP contribution in [0.25, 0.3) is 10.6 Å². The van der Waals surface area contributed by atoms with Gasteiger partial charge in [0, 0.05) is 37.3 Å². The molecule has 1 aromatic carbocycles. The van der Waals surface area contributed by atoms with Crippen molar-refractivity contribution in [2.45, 2.75) is 73.0 Å². The zero-order chi connectivity index (χ0) is 28.1. The van der Waals surface area contributed by atoms with Crippen molar-refractivity contribution in [1.29, 1.82) is 0 Å². The summed E-state index contributed by atoms with van der Waals surface area (Å²) in [6.45, 7) is 16.1. The van der Waals surface area contributed by atoms with Gasteiger partial charge in [-0.2, -0.15) is 0 Å². The van der Waals surface area contributed by atoms with Crippen LogP contribution in [0, 0.1) is 11.7 Å². The lowest BCUT2D eigenvalue weighted by Gasteiger charge is -2.37. The normalized spacial score (nSPS) is 14.8. The molecular weight excluding hydrogens is 541 g/mol. The lowest BCUT2D eigenvalue weighted by atomic mass is 10.1. The summed E-state index contributed by atoms with van der Waals surface area (Å²) in [7, 11) is 0. The maximum atomic E-state index is 13.1. The molecule has 4 rings (SSSR count). The summed E-state index contributed by atoms with van der Waals surface area (Å²) < 4.78 is 14.7. The summed E-state index contributed by atoms with van der Waals surface area (Å²) >= 11 is 1.23. The number of aromatic nitrogens is 3. The Balaban J connectivity index is 0.000000519. The number of hydrogen-bond acceptors (Lipinski definition) is 7. The van der Waals surface area contributed by atoms with Crippen LogP contribution in [0.3, 0.4) is 0 Å². The monoisotopic (exact) mass is 579 g/mol. The lowest BCUT2D eigenvalue weighted by Crippen LogP contribution is -2.46. The van der Waals surface area contributed by atoms with Crippen LogP contribution in [-0.4, -0.2) is 55.9 Å². The molecule has 39 heavy (non-hydrogen) atoms. The highest BCUT2D eigenvalue weighted by atomic mass is 35.5. The fraction of sp³-hybridized carbons (Fsp3) is 0.500. The second-order valence-corrected chi connectivity index (χ2v) is 11.7. The van der Waals surface area contributed by atoms with Crippen molar-refractivity contribution in [1.82, 2.24) is 25.0 Å². The lowest BCUT2D eigenvalue weighted by molar-refractivity contribution is 0.0608. The van der Waals surface area contributed by atoms with Gasteiger partial charge in [0.25, 0.3) is 5.91 Å². The first kappa shape index (κ1) is 32.4. The Hall–Kier alpha value is -2.82. The van der Waals surface area contributed by atoms with Crippen molar-refractivity contribution in [2.75, 3.05) is 13.1 Å². The summed E-state index contributed by atoms with van der Waals surface area (Å²) in [4.78, 5) is 27.3. The summed E-state index contributed by atoms with van der Waals surface area (Å²) in [5, 5.41) is 23.2. The number of carbonyl (C=O) groups is 1. The van der Waals surface area contributed by atoms with Gasteiger partial charge in [0.15, 0.2) is 16.5 Å². The van der Waals surface area contributed by atoms with E-state index in [4.69, 9.17) is 0 Å². The molecule has 0 aliphatic carbocycles. The quantitative estimate of drug-likeness (QED) is 0.394. The van der Waals surface area contributed by atoms with E-state index in [0.29, 0.717) is 29.0 Å². The van der Waals surface area contributed by atoms with E-state index in [-0.39, 0.29) is 47.5 Å². The molecule has 0 radical (unpaired) electrons. The van der Waals surface area contributed by atoms with Crippen LogP contribution < -0.4 is 10.7 Å². The third kappa shape index (κ3) is 8.09. The predicted octanol–water partition coefficient (Wildman–Crippen LogP) is 5.29. The molecule has 0 bridgehead atoms. The topological polar surface area (TPSA) is 100 Å². The number of carbonyl (C=O) groups excluding carboxylic acids is 1. The number of nitrogens with one attached hydrogen (secondary N) is 1. The van der Waals surface area contributed by atoms with Gasteiger partial charge in [-0.15, -0.1) is 22.6 Å². The van der Waals surface area contributed by atoms with Gasteiger partial charge in [-0.05, 0) is 50.9 Å². The molecule has 0 saturated carbocycles. The molecule has 0 unspecified atom stereocenters. The van der Waals surface area contributed by atoms with Gasteiger partial charge in [-0.25, -0.2) is 4.39 Å². The number of rotatable bonds is 7. The molecule has 1 aliphatic heterocycles. The molecule has 2 N–H and O–H groups in total. The number of halogens is 2. The van der Waals surface area contributed by atoms with Crippen molar-refractivity contribution < 1.29 is 14.3 Å². The van der Waals surface area contributed by atoms with E-state index in [1.807, 2.05) is 20.8 Å². The maximum absolute atomic E-state index is 13.1. The number of amides is 1. The summed E-state index contributed by atoms with van der Waals surface area (Å²) in [5.74, 6) is -0.463. The first-order valence-corrected chi connectivity index (χ1v) is 13.8.